The van der Waals surface area contributed by atoms with Crippen LogP contribution < -0.4 is 10.1 Å². The molecule has 1 heterocycles. The van der Waals surface area contributed by atoms with Gasteiger partial charge in [-0.1, -0.05) is 62.2 Å². The molecule has 1 aliphatic heterocycles. The van der Waals surface area contributed by atoms with Crippen LogP contribution in [0.4, 0.5) is 0 Å². The van der Waals surface area contributed by atoms with E-state index in [4.69, 9.17) is 9.47 Å². The number of carbonyl (C=O) groups is 3. The summed E-state index contributed by atoms with van der Waals surface area (Å²) in [5.74, 6) is -0.597. The fourth-order valence-corrected chi connectivity index (χ4v) is 3.78. The van der Waals surface area contributed by atoms with Crippen LogP contribution in [0, 0.1) is 0 Å². The third-order valence-electron chi connectivity index (χ3n) is 5.61. The number of piperazine rings is 1. The zero-order chi connectivity index (χ0) is 23.6. The van der Waals surface area contributed by atoms with Gasteiger partial charge in [-0.3, -0.25) is 14.4 Å². The molecule has 0 saturated carbocycles. The number of hydrogen-bond acceptors (Lipinski definition) is 5. The van der Waals surface area contributed by atoms with Crippen molar-refractivity contribution in [3.8, 4) is 16.9 Å². The van der Waals surface area contributed by atoms with Gasteiger partial charge in [0.25, 0.3) is 5.91 Å². The largest absolute Gasteiger partial charge is 0.481 e. The topological polar surface area (TPSA) is 84.9 Å². The number of amides is 2. The molecule has 0 aliphatic carbocycles. The van der Waals surface area contributed by atoms with E-state index in [1.165, 1.54) is 4.90 Å². The Morgan fingerprint density at radius 1 is 1.06 bits per heavy atom. The molecule has 0 radical (unpaired) electrons. The minimum atomic E-state index is -0.892. The molecular weight excluding hydrogens is 420 g/mol. The zero-order valence-corrected chi connectivity index (χ0v) is 19.3. The van der Waals surface area contributed by atoms with Gasteiger partial charge >= 0.3 is 5.97 Å². The van der Waals surface area contributed by atoms with Crippen LogP contribution in [-0.4, -0.2) is 54.5 Å². The summed E-state index contributed by atoms with van der Waals surface area (Å²) in [6, 6.07) is 16.6. The Labute approximate surface area is 195 Å². The summed E-state index contributed by atoms with van der Waals surface area (Å²) in [6.45, 7) is 4.70. The number of carbonyl (C=O) groups excluding carboxylic acids is 3. The van der Waals surface area contributed by atoms with Gasteiger partial charge in [0.2, 0.25) is 5.91 Å². The minimum absolute atomic E-state index is 0.164. The Bertz CT molecular complexity index is 929. The van der Waals surface area contributed by atoms with Crippen molar-refractivity contribution in [2.45, 2.75) is 51.7 Å². The second-order valence-corrected chi connectivity index (χ2v) is 8.12. The van der Waals surface area contributed by atoms with Crippen molar-refractivity contribution < 1.29 is 23.9 Å². The third kappa shape index (κ3) is 6.81. The molecular formula is C26H32N2O5. The molecule has 2 unspecified atom stereocenters. The fourth-order valence-electron chi connectivity index (χ4n) is 3.78. The van der Waals surface area contributed by atoms with E-state index in [-0.39, 0.29) is 18.2 Å². The molecule has 1 N–H and O–H groups in total. The molecule has 0 spiro atoms. The van der Waals surface area contributed by atoms with E-state index in [1.54, 1.807) is 6.92 Å². The highest BCUT2D eigenvalue weighted by molar-refractivity contribution is 5.93. The Morgan fingerprint density at radius 3 is 2.45 bits per heavy atom. The van der Waals surface area contributed by atoms with E-state index in [0.717, 1.165) is 30.4 Å². The van der Waals surface area contributed by atoms with Crippen LogP contribution in [0.5, 0.6) is 5.75 Å². The highest BCUT2D eigenvalue weighted by atomic mass is 16.5. The number of unbranched alkanes of at least 4 members (excludes halogenated alkanes) is 2. The highest BCUT2D eigenvalue weighted by Crippen LogP contribution is 2.23. The number of nitrogens with one attached hydrogen (secondary N) is 1. The summed E-state index contributed by atoms with van der Waals surface area (Å²) in [5, 5.41) is 2.73. The van der Waals surface area contributed by atoms with Crippen LogP contribution in [0.25, 0.3) is 11.1 Å². The molecule has 2 aromatic carbocycles. The van der Waals surface area contributed by atoms with Crippen LogP contribution in [-0.2, 0) is 19.1 Å². The molecule has 7 heteroatoms. The number of nitrogens with zero attached hydrogens (tertiary/aromatic N) is 1. The zero-order valence-electron chi connectivity index (χ0n) is 19.3. The van der Waals surface area contributed by atoms with Crippen molar-refractivity contribution in [2.75, 3.05) is 19.7 Å². The first-order valence-corrected chi connectivity index (χ1v) is 11.6. The first-order valence-electron chi connectivity index (χ1n) is 11.6. The molecule has 1 saturated heterocycles. The van der Waals surface area contributed by atoms with Crippen LogP contribution >= 0.6 is 0 Å². The Kier molecular flexibility index (Phi) is 8.87. The maximum atomic E-state index is 13.1. The Balaban J connectivity index is 1.60. The quantitative estimate of drug-likeness (QED) is 0.440. The van der Waals surface area contributed by atoms with Gasteiger partial charge in [-0.2, -0.15) is 0 Å². The van der Waals surface area contributed by atoms with Crippen LogP contribution in [0.2, 0.25) is 0 Å². The molecule has 2 amide bonds. The minimum Gasteiger partial charge on any atom is -0.481 e. The summed E-state index contributed by atoms with van der Waals surface area (Å²) in [7, 11) is 0. The lowest BCUT2D eigenvalue weighted by atomic mass is 10.1. The van der Waals surface area contributed by atoms with Crippen molar-refractivity contribution in [1.82, 2.24) is 10.2 Å². The van der Waals surface area contributed by atoms with E-state index in [2.05, 4.69) is 12.2 Å². The molecule has 33 heavy (non-hydrogen) atoms. The van der Waals surface area contributed by atoms with Crippen molar-refractivity contribution in [2.24, 2.45) is 0 Å². The first kappa shape index (κ1) is 24.3. The van der Waals surface area contributed by atoms with Gasteiger partial charge in [-0.15, -0.1) is 0 Å². The van der Waals surface area contributed by atoms with Crippen LogP contribution in [0.1, 0.15) is 39.5 Å². The van der Waals surface area contributed by atoms with Gasteiger partial charge in [0, 0.05) is 13.1 Å². The summed E-state index contributed by atoms with van der Waals surface area (Å²) in [5.41, 5.74) is 2.14. The van der Waals surface area contributed by atoms with Crippen LogP contribution in [0.3, 0.4) is 0 Å². The average Bonchev–Trinajstić information content (AvgIpc) is 2.83. The van der Waals surface area contributed by atoms with Crippen molar-refractivity contribution in [1.29, 1.82) is 0 Å². The molecule has 1 fully saturated rings. The number of benzene rings is 2. The van der Waals surface area contributed by atoms with E-state index in [0.29, 0.717) is 25.4 Å². The normalized spacial score (nSPS) is 16.6. The Morgan fingerprint density at radius 2 is 1.76 bits per heavy atom. The SMILES string of the molecule is CCCCCOC(=O)CC1C(=O)NCCN1C(=O)C(C)Oc1ccc(-c2ccccc2)cc1. The summed E-state index contributed by atoms with van der Waals surface area (Å²) < 4.78 is 11.1. The highest BCUT2D eigenvalue weighted by Gasteiger charge is 2.37. The van der Waals surface area contributed by atoms with E-state index < -0.39 is 18.1 Å². The predicted octanol–water partition coefficient (Wildman–Crippen LogP) is 3.57. The van der Waals surface area contributed by atoms with Gasteiger partial charge in [0.1, 0.15) is 11.8 Å². The van der Waals surface area contributed by atoms with Gasteiger partial charge < -0.3 is 19.7 Å². The summed E-state index contributed by atoms with van der Waals surface area (Å²) in [6.07, 6.45) is 1.82. The molecule has 0 aromatic heterocycles. The lowest BCUT2D eigenvalue weighted by Gasteiger charge is -2.36. The number of rotatable bonds is 10. The molecule has 3 rings (SSSR count). The van der Waals surface area contributed by atoms with Gasteiger partial charge in [-0.25, -0.2) is 0 Å². The number of esters is 1. The van der Waals surface area contributed by atoms with Crippen molar-refractivity contribution in [3.63, 3.8) is 0 Å². The molecule has 176 valence electrons. The Hall–Kier alpha value is -3.35. The lowest BCUT2D eigenvalue weighted by molar-refractivity contribution is -0.154. The molecule has 0 bridgehead atoms. The number of ether oxygens (including phenoxy) is 2. The molecule has 2 atom stereocenters. The standard InChI is InChI=1S/C26H32N2O5/c1-3-4-8-17-32-24(29)18-23-25(30)27-15-16-28(23)26(31)19(2)33-22-13-11-21(12-14-22)20-9-6-5-7-10-20/h5-7,9-14,19,23H,3-4,8,15-18H2,1-2H3,(H,27,30). The monoisotopic (exact) mass is 452 g/mol. The van der Waals surface area contributed by atoms with E-state index in [1.807, 2.05) is 54.6 Å². The smallest absolute Gasteiger partial charge is 0.308 e. The van der Waals surface area contributed by atoms with Crippen molar-refractivity contribution >= 4 is 17.8 Å². The third-order valence-corrected chi connectivity index (χ3v) is 5.61. The lowest BCUT2D eigenvalue weighted by Crippen LogP contribution is -2.60. The summed E-state index contributed by atoms with van der Waals surface area (Å²) in [4.78, 5) is 39.2. The van der Waals surface area contributed by atoms with E-state index in [9.17, 15) is 14.4 Å². The average molecular weight is 453 g/mol. The maximum absolute atomic E-state index is 13.1. The first-order chi connectivity index (χ1) is 16.0. The predicted molar refractivity (Wildman–Crippen MR) is 126 cm³/mol. The van der Waals surface area contributed by atoms with Crippen molar-refractivity contribution in [3.05, 3.63) is 54.6 Å². The van der Waals surface area contributed by atoms with Crippen LogP contribution in [0.15, 0.2) is 54.6 Å². The maximum Gasteiger partial charge on any atom is 0.308 e. The summed E-state index contributed by atoms with van der Waals surface area (Å²) >= 11 is 0. The molecule has 1 aliphatic rings. The molecule has 7 nitrogen and oxygen atoms in total. The van der Waals surface area contributed by atoms with Gasteiger partial charge in [-0.05, 0) is 36.6 Å². The van der Waals surface area contributed by atoms with Gasteiger partial charge in [0.05, 0.1) is 13.0 Å². The van der Waals surface area contributed by atoms with Gasteiger partial charge in [0.15, 0.2) is 6.10 Å². The fraction of sp³-hybridized carbons (Fsp3) is 0.423. The number of hydrogen-bond donors (Lipinski definition) is 1. The van der Waals surface area contributed by atoms with E-state index >= 15 is 0 Å². The second kappa shape index (κ2) is 12.0. The molecule has 2 aromatic rings. The second-order valence-electron chi connectivity index (χ2n) is 8.12.